The molecule has 0 aliphatic carbocycles. The SMILES string of the molecule is C=CCC(C)(C)C(=O)O[C@H](C(=O)N[C@@H](C)C(=O)N1CCC[C@@H](C(=O)OCC(Cl)(Cl)Cl)N1)C(C)C. The average molecular weight is 543 g/mol. The first kappa shape index (κ1) is 30.5. The molecular formula is C22H34Cl3N3O6. The summed E-state index contributed by atoms with van der Waals surface area (Å²) < 4.78 is 8.73. The third-order valence-corrected chi connectivity index (χ3v) is 5.48. The number of nitrogens with one attached hydrogen (secondary N) is 2. The van der Waals surface area contributed by atoms with Crippen LogP contribution in [-0.2, 0) is 28.7 Å². The molecule has 1 heterocycles. The molecule has 1 fully saturated rings. The molecule has 12 heteroatoms. The summed E-state index contributed by atoms with van der Waals surface area (Å²) in [5.74, 6) is -2.57. The van der Waals surface area contributed by atoms with Gasteiger partial charge in [0, 0.05) is 6.54 Å². The van der Waals surface area contributed by atoms with E-state index < -0.39 is 57.8 Å². The fourth-order valence-corrected chi connectivity index (χ4v) is 3.33. The maximum absolute atomic E-state index is 12.9. The maximum atomic E-state index is 12.9. The highest BCUT2D eigenvalue weighted by molar-refractivity contribution is 6.67. The molecule has 0 aromatic rings. The van der Waals surface area contributed by atoms with E-state index in [1.54, 1.807) is 33.8 Å². The summed E-state index contributed by atoms with van der Waals surface area (Å²) in [6.45, 7) is 11.9. The van der Waals surface area contributed by atoms with Gasteiger partial charge in [0.25, 0.3) is 11.8 Å². The predicted molar refractivity (Wildman–Crippen MR) is 130 cm³/mol. The van der Waals surface area contributed by atoms with Gasteiger partial charge in [0.1, 0.15) is 18.7 Å². The standard InChI is InChI=1S/C22H34Cl3N3O6/c1-7-10-21(5,6)20(32)34-16(13(2)3)17(29)26-14(4)18(30)28-11-8-9-15(27-28)19(31)33-12-22(23,24)25/h7,13-16,27H,1,8-12H2,2-6H3,(H,26,29)/t14-,15-,16-/m0/s1. The first-order valence-electron chi connectivity index (χ1n) is 11.0. The number of alkyl halides is 3. The van der Waals surface area contributed by atoms with Crippen LogP contribution in [-0.4, -0.2) is 63.9 Å². The van der Waals surface area contributed by atoms with Gasteiger partial charge in [-0.25, -0.2) is 5.43 Å². The number of rotatable bonds is 10. The zero-order valence-corrected chi connectivity index (χ0v) is 22.4. The Bertz CT molecular complexity index is 769. The van der Waals surface area contributed by atoms with Gasteiger partial charge in [0.2, 0.25) is 3.79 Å². The van der Waals surface area contributed by atoms with Gasteiger partial charge in [-0.15, -0.1) is 6.58 Å². The Morgan fingerprint density at radius 2 is 1.82 bits per heavy atom. The number of hydrogen-bond donors (Lipinski definition) is 2. The molecule has 0 aromatic carbocycles. The summed E-state index contributed by atoms with van der Waals surface area (Å²) in [7, 11) is 0. The third-order valence-electron chi connectivity index (χ3n) is 5.15. The summed E-state index contributed by atoms with van der Waals surface area (Å²) >= 11 is 16.8. The first-order chi connectivity index (χ1) is 15.6. The van der Waals surface area contributed by atoms with Crippen LogP contribution >= 0.6 is 34.8 Å². The third kappa shape index (κ3) is 9.60. The van der Waals surface area contributed by atoms with Crippen molar-refractivity contribution in [1.29, 1.82) is 0 Å². The van der Waals surface area contributed by atoms with Crippen LogP contribution in [0.2, 0.25) is 0 Å². The van der Waals surface area contributed by atoms with Gasteiger partial charge in [0.05, 0.1) is 5.41 Å². The molecule has 1 saturated heterocycles. The minimum absolute atomic E-state index is 0.323. The van der Waals surface area contributed by atoms with Crippen molar-refractivity contribution in [3.05, 3.63) is 12.7 Å². The van der Waals surface area contributed by atoms with Crippen molar-refractivity contribution in [3.63, 3.8) is 0 Å². The van der Waals surface area contributed by atoms with Crippen LogP contribution < -0.4 is 10.7 Å². The quantitative estimate of drug-likeness (QED) is 0.248. The molecule has 0 aromatic heterocycles. The van der Waals surface area contributed by atoms with E-state index in [2.05, 4.69) is 17.3 Å². The van der Waals surface area contributed by atoms with Crippen LogP contribution in [0, 0.1) is 11.3 Å². The van der Waals surface area contributed by atoms with Crippen molar-refractivity contribution in [2.75, 3.05) is 13.2 Å². The zero-order chi connectivity index (χ0) is 26.3. The molecule has 0 bridgehead atoms. The molecular weight excluding hydrogens is 509 g/mol. The van der Waals surface area contributed by atoms with Crippen molar-refractivity contribution >= 4 is 58.6 Å². The average Bonchev–Trinajstić information content (AvgIpc) is 2.74. The first-order valence-corrected chi connectivity index (χ1v) is 12.2. The highest BCUT2D eigenvalue weighted by Gasteiger charge is 2.37. The largest absolute Gasteiger partial charge is 0.460 e. The van der Waals surface area contributed by atoms with E-state index >= 15 is 0 Å². The van der Waals surface area contributed by atoms with Gasteiger partial charge in [-0.05, 0) is 46.0 Å². The van der Waals surface area contributed by atoms with Gasteiger partial charge in [-0.2, -0.15) is 0 Å². The lowest BCUT2D eigenvalue weighted by Gasteiger charge is -2.34. The minimum atomic E-state index is -1.74. The predicted octanol–water partition coefficient (Wildman–Crippen LogP) is 3.07. The summed E-state index contributed by atoms with van der Waals surface area (Å²) in [5.41, 5.74) is 1.96. The van der Waals surface area contributed by atoms with E-state index in [9.17, 15) is 19.2 Å². The second kappa shape index (κ2) is 13.0. The lowest BCUT2D eigenvalue weighted by atomic mass is 9.89. The second-order valence-corrected chi connectivity index (χ2v) is 11.7. The number of ether oxygens (including phenoxy) is 2. The number of esters is 2. The Hall–Kier alpha value is -1.55. The van der Waals surface area contributed by atoms with Crippen LogP contribution in [0.3, 0.4) is 0 Å². The van der Waals surface area contributed by atoms with Crippen molar-refractivity contribution in [3.8, 4) is 0 Å². The van der Waals surface area contributed by atoms with Gasteiger partial charge in [-0.3, -0.25) is 24.2 Å². The van der Waals surface area contributed by atoms with Gasteiger partial charge >= 0.3 is 11.9 Å². The van der Waals surface area contributed by atoms with Gasteiger partial charge in [0.15, 0.2) is 6.10 Å². The summed E-state index contributed by atoms with van der Waals surface area (Å²) in [4.78, 5) is 50.5. The molecule has 1 aliphatic rings. The number of nitrogens with zero attached hydrogens (tertiary/aromatic N) is 1. The van der Waals surface area contributed by atoms with Crippen LogP contribution in [0.25, 0.3) is 0 Å². The Morgan fingerprint density at radius 3 is 2.35 bits per heavy atom. The monoisotopic (exact) mass is 541 g/mol. The van der Waals surface area contributed by atoms with Crippen molar-refractivity contribution in [2.45, 2.75) is 75.9 Å². The Kier molecular flexibility index (Phi) is 11.6. The van der Waals surface area contributed by atoms with Crippen LogP contribution in [0.5, 0.6) is 0 Å². The molecule has 0 spiro atoms. The van der Waals surface area contributed by atoms with Gasteiger partial charge < -0.3 is 14.8 Å². The molecule has 0 saturated carbocycles. The normalized spacial score (nSPS) is 18.6. The van der Waals surface area contributed by atoms with E-state index in [0.717, 1.165) is 0 Å². The van der Waals surface area contributed by atoms with E-state index in [4.69, 9.17) is 44.3 Å². The molecule has 9 nitrogen and oxygen atoms in total. The number of halogens is 3. The second-order valence-electron chi connectivity index (χ2n) is 9.21. The molecule has 2 N–H and O–H groups in total. The van der Waals surface area contributed by atoms with E-state index in [0.29, 0.717) is 25.8 Å². The van der Waals surface area contributed by atoms with Crippen molar-refractivity contribution in [1.82, 2.24) is 15.8 Å². The molecule has 0 unspecified atom stereocenters. The fourth-order valence-electron chi connectivity index (χ4n) is 3.17. The fraction of sp³-hybridized carbons (Fsp3) is 0.727. The molecule has 3 atom stereocenters. The highest BCUT2D eigenvalue weighted by atomic mass is 35.6. The van der Waals surface area contributed by atoms with Crippen molar-refractivity contribution < 1.29 is 28.7 Å². The summed E-state index contributed by atoms with van der Waals surface area (Å²) in [6, 6.07) is -1.75. The number of carbonyl (C=O) groups is 4. The number of amides is 2. The van der Waals surface area contributed by atoms with Crippen LogP contribution in [0.1, 0.15) is 53.9 Å². The Balaban J connectivity index is 2.75. The lowest BCUT2D eigenvalue weighted by Crippen LogP contribution is -2.60. The Morgan fingerprint density at radius 1 is 1.21 bits per heavy atom. The van der Waals surface area contributed by atoms with E-state index in [1.807, 2.05) is 0 Å². The molecule has 34 heavy (non-hydrogen) atoms. The van der Waals surface area contributed by atoms with Crippen molar-refractivity contribution in [2.24, 2.45) is 11.3 Å². The van der Waals surface area contributed by atoms with Crippen LogP contribution in [0.4, 0.5) is 0 Å². The maximum Gasteiger partial charge on any atom is 0.325 e. The summed E-state index contributed by atoms with van der Waals surface area (Å²) in [5, 5.41) is 3.85. The Labute approximate surface area is 215 Å². The molecule has 2 amide bonds. The lowest BCUT2D eigenvalue weighted by molar-refractivity contribution is -0.167. The molecule has 0 radical (unpaired) electrons. The molecule has 1 rings (SSSR count). The minimum Gasteiger partial charge on any atom is -0.460 e. The number of hydrazine groups is 1. The van der Waals surface area contributed by atoms with E-state index in [-0.39, 0.29) is 5.92 Å². The number of hydrogen-bond acceptors (Lipinski definition) is 7. The number of carbonyl (C=O) groups excluding carboxylic acids is 4. The van der Waals surface area contributed by atoms with E-state index in [1.165, 1.54) is 11.9 Å². The van der Waals surface area contributed by atoms with Crippen LogP contribution in [0.15, 0.2) is 12.7 Å². The topological polar surface area (TPSA) is 114 Å². The smallest absolute Gasteiger partial charge is 0.325 e. The highest BCUT2D eigenvalue weighted by Crippen LogP contribution is 2.26. The molecule has 1 aliphatic heterocycles. The molecule has 194 valence electrons. The zero-order valence-electron chi connectivity index (χ0n) is 20.2. The number of allylic oxidation sites excluding steroid dienone is 1. The van der Waals surface area contributed by atoms with Gasteiger partial charge in [-0.1, -0.05) is 54.7 Å². The summed E-state index contributed by atoms with van der Waals surface area (Å²) in [6.07, 6.45) is 1.87.